The average molecular weight is 257 g/mol. The van der Waals surface area contributed by atoms with Crippen molar-refractivity contribution in [3.05, 3.63) is 24.0 Å². The van der Waals surface area contributed by atoms with Crippen molar-refractivity contribution in [2.45, 2.75) is 13.3 Å². The molecule has 0 atom stereocenters. The molecule has 1 amide bonds. The first-order valence-electron chi connectivity index (χ1n) is 5.40. The van der Waals surface area contributed by atoms with E-state index in [4.69, 9.17) is 4.74 Å². The number of amides is 1. The summed E-state index contributed by atoms with van der Waals surface area (Å²) in [5.74, 6) is 0.118. The highest BCUT2D eigenvalue weighted by atomic mass is 32.1. The third-order valence-corrected chi connectivity index (χ3v) is 2.53. The molecule has 1 rings (SSSR count). The fraction of sp³-hybridized carbons (Fsp3) is 0.417. The molecule has 1 aromatic rings. The number of thiol groups is 1. The van der Waals surface area contributed by atoms with Gasteiger partial charge in [-0.3, -0.25) is 4.79 Å². The molecule has 1 aromatic carbocycles. The fourth-order valence-corrected chi connectivity index (χ4v) is 1.57. The van der Waals surface area contributed by atoms with Crippen LogP contribution in [0.1, 0.15) is 13.3 Å². The van der Waals surface area contributed by atoms with E-state index >= 15 is 0 Å². The number of nitrogens with zero attached hydrogens (tertiary/aromatic N) is 1. The molecular formula is C12H16FNO2S. The molecular weight excluding hydrogens is 241 g/mol. The quantitative estimate of drug-likeness (QED) is 0.821. The van der Waals surface area contributed by atoms with E-state index in [2.05, 4.69) is 12.6 Å². The SMILES string of the molecule is CCOc1ccc(N(C)C(=O)CCS)cc1F. The van der Waals surface area contributed by atoms with E-state index in [1.807, 2.05) is 0 Å². The minimum absolute atomic E-state index is 0.0939. The summed E-state index contributed by atoms with van der Waals surface area (Å²) in [5.41, 5.74) is 0.512. The van der Waals surface area contributed by atoms with Gasteiger partial charge in [0.25, 0.3) is 0 Å². The Labute approximate surface area is 106 Å². The molecule has 0 N–H and O–H groups in total. The zero-order valence-corrected chi connectivity index (χ0v) is 10.8. The smallest absolute Gasteiger partial charge is 0.227 e. The third-order valence-electron chi connectivity index (χ3n) is 2.30. The molecule has 0 aliphatic rings. The number of hydrogen-bond donors (Lipinski definition) is 1. The summed E-state index contributed by atoms with van der Waals surface area (Å²) >= 11 is 3.99. The molecule has 94 valence electrons. The van der Waals surface area contributed by atoms with Crippen molar-refractivity contribution in [3.8, 4) is 5.75 Å². The standard InChI is InChI=1S/C12H16FNO2S/c1-3-16-11-5-4-9(8-10(11)13)14(2)12(15)6-7-17/h4-5,8,17H,3,6-7H2,1-2H3. The minimum atomic E-state index is -0.463. The second kappa shape index (κ2) is 6.49. The van der Waals surface area contributed by atoms with Gasteiger partial charge in [0.1, 0.15) is 0 Å². The topological polar surface area (TPSA) is 29.5 Å². The lowest BCUT2D eigenvalue weighted by Gasteiger charge is -2.17. The van der Waals surface area contributed by atoms with Gasteiger partial charge in [-0.05, 0) is 24.8 Å². The van der Waals surface area contributed by atoms with Crippen molar-refractivity contribution in [1.29, 1.82) is 0 Å². The van der Waals surface area contributed by atoms with Crippen LogP contribution in [-0.2, 0) is 4.79 Å². The Morgan fingerprint density at radius 3 is 2.76 bits per heavy atom. The van der Waals surface area contributed by atoms with Gasteiger partial charge in [0, 0.05) is 25.2 Å². The van der Waals surface area contributed by atoms with Crippen LogP contribution in [0.3, 0.4) is 0 Å². The van der Waals surface area contributed by atoms with Crippen LogP contribution in [0.5, 0.6) is 5.75 Å². The van der Waals surface area contributed by atoms with Crippen molar-refractivity contribution in [3.63, 3.8) is 0 Å². The lowest BCUT2D eigenvalue weighted by Crippen LogP contribution is -2.26. The Hall–Kier alpha value is -1.23. The summed E-state index contributed by atoms with van der Waals surface area (Å²) in [6.07, 6.45) is 0.328. The number of carbonyl (C=O) groups excluding carboxylic acids is 1. The molecule has 17 heavy (non-hydrogen) atoms. The van der Waals surface area contributed by atoms with E-state index < -0.39 is 5.82 Å². The summed E-state index contributed by atoms with van der Waals surface area (Å²) in [7, 11) is 1.61. The Bertz CT molecular complexity index is 398. The lowest BCUT2D eigenvalue weighted by molar-refractivity contribution is -0.117. The molecule has 0 saturated carbocycles. The Balaban J connectivity index is 2.85. The number of hydrogen-bond acceptors (Lipinski definition) is 3. The summed E-state index contributed by atoms with van der Waals surface area (Å²) in [6.45, 7) is 2.19. The Kier molecular flexibility index (Phi) is 5.28. The van der Waals surface area contributed by atoms with Crippen LogP contribution in [-0.4, -0.2) is 25.3 Å². The molecule has 0 heterocycles. The highest BCUT2D eigenvalue weighted by Gasteiger charge is 2.12. The number of halogens is 1. The van der Waals surface area contributed by atoms with Crippen molar-refractivity contribution in [2.24, 2.45) is 0 Å². The molecule has 0 spiro atoms. The monoisotopic (exact) mass is 257 g/mol. The zero-order chi connectivity index (χ0) is 12.8. The van der Waals surface area contributed by atoms with E-state index in [0.717, 1.165) is 0 Å². The first-order chi connectivity index (χ1) is 8.10. The average Bonchev–Trinajstić information content (AvgIpc) is 2.31. The van der Waals surface area contributed by atoms with E-state index in [1.165, 1.54) is 17.0 Å². The largest absolute Gasteiger partial charge is 0.491 e. The number of rotatable bonds is 5. The minimum Gasteiger partial charge on any atom is -0.491 e. The van der Waals surface area contributed by atoms with Crippen molar-refractivity contribution >= 4 is 24.2 Å². The number of anilines is 1. The van der Waals surface area contributed by atoms with Gasteiger partial charge in [0.05, 0.1) is 6.61 Å². The first kappa shape index (κ1) is 13.8. The summed E-state index contributed by atoms with van der Waals surface area (Å²) in [4.78, 5) is 13.0. The van der Waals surface area contributed by atoms with Gasteiger partial charge in [-0.2, -0.15) is 12.6 Å². The van der Waals surface area contributed by atoms with Gasteiger partial charge in [-0.25, -0.2) is 4.39 Å². The predicted octanol–water partition coefficient (Wildman–Crippen LogP) is 2.51. The van der Waals surface area contributed by atoms with E-state index in [9.17, 15) is 9.18 Å². The van der Waals surface area contributed by atoms with Gasteiger partial charge >= 0.3 is 0 Å². The molecule has 0 aliphatic heterocycles. The second-order valence-electron chi connectivity index (χ2n) is 3.47. The summed E-state index contributed by atoms with van der Waals surface area (Å²) in [5, 5.41) is 0. The van der Waals surface area contributed by atoms with Crippen LogP contribution < -0.4 is 9.64 Å². The normalized spacial score (nSPS) is 10.1. The van der Waals surface area contributed by atoms with E-state index in [-0.39, 0.29) is 11.7 Å². The Morgan fingerprint density at radius 1 is 1.53 bits per heavy atom. The molecule has 0 aliphatic carbocycles. The van der Waals surface area contributed by atoms with Crippen LogP contribution in [0.4, 0.5) is 10.1 Å². The molecule has 0 aromatic heterocycles. The highest BCUT2D eigenvalue weighted by Crippen LogP contribution is 2.23. The van der Waals surface area contributed by atoms with Gasteiger partial charge in [-0.15, -0.1) is 0 Å². The predicted molar refractivity (Wildman–Crippen MR) is 69.4 cm³/mol. The number of benzene rings is 1. The number of carbonyl (C=O) groups is 1. The summed E-state index contributed by atoms with van der Waals surface area (Å²) in [6, 6.07) is 4.48. The molecule has 0 bridgehead atoms. The van der Waals surface area contributed by atoms with Crippen molar-refractivity contribution in [2.75, 3.05) is 24.3 Å². The van der Waals surface area contributed by atoms with Crippen LogP contribution in [0, 0.1) is 5.82 Å². The van der Waals surface area contributed by atoms with E-state index in [0.29, 0.717) is 24.5 Å². The molecule has 0 saturated heterocycles. The Morgan fingerprint density at radius 2 is 2.24 bits per heavy atom. The maximum absolute atomic E-state index is 13.6. The van der Waals surface area contributed by atoms with Crippen LogP contribution >= 0.6 is 12.6 Å². The van der Waals surface area contributed by atoms with Gasteiger partial charge < -0.3 is 9.64 Å². The fourth-order valence-electron chi connectivity index (χ4n) is 1.38. The van der Waals surface area contributed by atoms with Crippen LogP contribution in [0.2, 0.25) is 0 Å². The van der Waals surface area contributed by atoms with Crippen molar-refractivity contribution in [1.82, 2.24) is 0 Å². The number of ether oxygens (including phenoxy) is 1. The van der Waals surface area contributed by atoms with E-state index in [1.54, 1.807) is 20.0 Å². The van der Waals surface area contributed by atoms with Crippen LogP contribution in [0.15, 0.2) is 18.2 Å². The maximum atomic E-state index is 13.6. The van der Waals surface area contributed by atoms with Crippen molar-refractivity contribution < 1.29 is 13.9 Å². The lowest BCUT2D eigenvalue weighted by atomic mass is 10.2. The van der Waals surface area contributed by atoms with Crippen LogP contribution in [0.25, 0.3) is 0 Å². The molecule has 0 fully saturated rings. The second-order valence-corrected chi connectivity index (χ2v) is 3.92. The van der Waals surface area contributed by atoms with Gasteiger partial charge in [-0.1, -0.05) is 0 Å². The summed E-state index contributed by atoms with van der Waals surface area (Å²) < 4.78 is 18.7. The maximum Gasteiger partial charge on any atom is 0.227 e. The molecule has 0 unspecified atom stereocenters. The molecule has 0 radical (unpaired) electrons. The van der Waals surface area contributed by atoms with Gasteiger partial charge in [0.15, 0.2) is 11.6 Å². The first-order valence-corrected chi connectivity index (χ1v) is 6.03. The zero-order valence-electron chi connectivity index (χ0n) is 9.94. The third kappa shape index (κ3) is 3.63. The molecule has 5 heteroatoms. The van der Waals surface area contributed by atoms with Gasteiger partial charge in [0.2, 0.25) is 5.91 Å². The molecule has 3 nitrogen and oxygen atoms in total. The highest BCUT2D eigenvalue weighted by molar-refractivity contribution is 7.80.